The Labute approximate surface area is 148 Å². The monoisotopic (exact) mass is 346 g/mol. The van der Waals surface area contributed by atoms with Crippen molar-refractivity contribution in [3.8, 4) is 0 Å². The fraction of sp³-hybridized carbons (Fsp3) is 0.667. The largest absolute Gasteiger partial charge is 0.383 e. The number of amides is 2. The van der Waals surface area contributed by atoms with Crippen molar-refractivity contribution >= 4 is 11.8 Å². The van der Waals surface area contributed by atoms with E-state index in [-0.39, 0.29) is 17.2 Å². The standard InChI is InChI=1S/C18H26N4O3/c1-14-15(11-19-13-20-14)17(24)21-7-5-18(6-8-21)4-3-16(23)22(12-18)9-10-25-2/h11,13H,3-10,12H2,1-2H3. The van der Waals surface area contributed by atoms with Crippen molar-refractivity contribution in [2.24, 2.45) is 5.41 Å². The van der Waals surface area contributed by atoms with Crippen molar-refractivity contribution in [1.29, 1.82) is 0 Å². The van der Waals surface area contributed by atoms with Crippen molar-refractivity contribution in [2.45, 2.75) is 32.6 Å². The Bertz CT molecular complexity index is 641. The summed E-state index contributed by atoms with van der Waals surface area (Å²) in [5, 5.41) is 0. The molecular formula is C18H26N4O3. The molecule has 0 aromatic carbocycles. The molecule has 2 fully saturated rings. The molecule has 2 saturated heterocycles. The number of aromatic nitrogens is 2. The quantitative estimate of drug-likeness (QED) is 0.821. The Morgan fingerprint density at radius 3 is 2.76 bits per heavy atom. The summed E-state index contributed by atoms with van der Waals surface area (Å²) in [7, 11) is 1.66. The van der Waals surface area contributed by atoms with Crippen LogP contribution in [0.15, 0.2) is 12.5 Å². The molecule has 136 valence electrons. The summed E-state index contributed by atoms with van der Waals surface area (Å²) >= 11 is 0. The van der Waals surface area contributed by atoms with Crippen LogP contribution in [0.3, 0.4) is 0 Å². The van der Waals surface area contributed by atoms with Crippen LogP contribution < -0.4 is 0 Å². The van der Waals surface area contributed by atoms with Crippen LogP contribution in [0.2, 0.25) is 0 Å². The number of carbonyl (C=O) groups excluding carboxylic acids is 2. The number of methoxy groups -OCH3 is 1. The molecule has 1 spiro atoms. The number of ether oxygens (including phenoxy) is 1. The molecule has 3 heterocycles. The van der Waals surface area contributed by atoms with Crippen LogP contribution in [0.4, 0.5) is 0 Å². The van der Waals surface area contributed by atoms with Crippen LogP contribution in [-0.4, -0.2) is 71.5 Å². The van der Waals surface area contributed by atoms with E-state index in [1.54, 1.807) is 13.3 Å². The van der Waals surface area contributed by atoms with Gasteiger partial charge in [0.1, 0.15) is 6.33 Å². The molecule has 7 nitrogen and oxygen atoms in total. The molecule has 0 unspecified atom stereocenters. The predicted octanol–water partition coefficient (Wildman–Crippen LogP) is 1.28. The highest BCUT2D eigenvalue weighted by Gasteiger charge is 2.41. The smallest absolute Gasteiger partial charge is 0.257 e. The molecule has 0 bridgehead atoms. The molecule has 0 aliphatic carbocycles. The van der Waals surface area contributed by atoms with Gasteiger partial charge in [-0.15, -0.1) is 0 Å². The lowest BCUT2D eigenvalue weighted by molar-refractivity contribution is -0.139. The third-order valence-electron chi connectivity index (χ3n) is 5.57. The van der Waals surface area contributed by atoms with Crippen LogP contribution in [0.1, 0.15) is 41.7 Å². The number of hydrogen-bond acceptors (Lipinski definition) is 5. The number of carbonyl (C=O) groups is 2. The SMILES string of the molecule is COCCN1CC2(CCC1=O)CCN(C(=O)c1cncnc1C)CC2. The van der Waals surface area contributed by atoms with Crippen molar-refractivity contribution in [1.82, 2.24) is 19.8 Å². The van der Waals surface area contributed by atoms with Crippen molar-refractivity contribution < 1.29 is 14.3 Å². The topological polar surface area (TPSA) is 75.6 Å². The maximum Gasteiger partial charge on any atom is 0.257 e. The Kier molecular flexibility index (Phi) is 5.32. The third-order valence-corrected chi connectivity index (χ3v) is 5.57. The number of aryl methyl sites for hydroxylation is 1. The molecule has 2 amide bonds. The maximum absolute atomic E-state index is 12.7. The minimum absolute atomic E-state index is 0.0103. The zero-order chi connectivity index (χ0) is 17.9. The van der Waals surface area contributed by atoms with E-state index in [1.165, 1.54) is 6.33 Å². The summed E-state index contributed by atoms with van der Waals surface area (Å²) in [6.07, 6.45) is 6.45. The van der Waals surface area contributed by atoms with E-state index in [1.807, 2.05) is 16.7 Å². The maximum atomic E-state index is 12.7. The average Bonchev–Trinajstić information content (AvgIpc) is 2.63. The molecule has 0 N–H and O–H groups in total. The van der Waals surface area contributed by atoms with Gasteiger partial charge in [-0.1, -0.05) is 0 Å². The van der Waals surface area contributed by atoms with Gasteiger partial charge in [-0.05, 0) is 31.6 Å². The van der Waals surface area contributed by atoms with E-state index in [2.05, 4.69) is 9.97 Å². The van der Waals surface area contributed by atoms with Crippen LogP contribution >= 0.6 is 0 Å². The normalized spacial score (nSPS) is 20.2. The van der Waals surface area contributed by atoms with Crippen molar-refractivity contribution in [2.75, 3.05) is 39.9 Å². The molecule has 2 aliphatic heterocycles. The second-order valence-electron chi connectivity index (χ2n) is 7.12. The van der Waals surface area contributed by atoms with Crippen LogP contribution in [0.5, 0.6) is 0 Å². The third kappa shape index (κ3) is 3.81. The zero-order valence-corrected chi connectivity index (χ0v) is 15.0. The van der Waals surface area contributed by atoms with E-state index in [9.17, 15) is 9.59 Å². The molecular weight excluding hydrogens is 320 g/mol. The lowest BCUT2D eigenvalue weighted by Gasteiger charge is -2.47. The first-order valence-corrected chi connectivity index (χ1v) is 8.87. The van der Waals surface area contributed by atoms with E-state index in [0.717, 1.165) is 38.9 Å². The zero-order valence-electron chi connectivity index (χ0n) is 15.0. The second kappa shape index (κ2) is 7.47. The highest BCUT2D eigenvalue weighted by molar-refractivity contribution is 5.95. The summed E-state index contributed by atoms with van der Waals surface area (Å²) in [6.45, 7) is 5.28. The number of rotatable bonds is 4. The highest BCUT2D eigenvalue weighted by atomic mass is 16.5. The van der Waals surface area contributed by atoms with Crippen LogP contribution in [0, 0.1) is 12.3 Å². The molecule has 0 radical (unpaired) electrons. The Morgan fingerprint density at radius 2 is 2.08 bits per heavy atom. The van der Waals surface area contributed by atoms with Gasteiger partial charge in [-0.2, -0.15) is 0 Å². The molecule has 1 aromatic rings. The van der Waals surface area contributed by atoms with Crippen LogP contribution in [0.25, 0.3) is 0 Å². The first kappa shape index (κ1) is 17.8. The Morgan fingerprint density at radius 1 is 1.32 bits per heavy atom. The molecule has 7 heteroatoms. The van der Waals surface area contributed by atoms with Crippen LogP contribution in [-0.2, 0) is 9.53 Å². The Hall–Kier alpha value is -2.02. The molecule has 0 atom stereocenters. The van der Waals surface area contributed by atoms with Crippen molar-refractivity contribution in [3.05, 3.63) is 23.8 Å². The summed E-state index contributed by atoms with van der Waals surface area (Å²) in [5.74, 6) is 0.231. The summed E-state index contributed by atoms with van der Waals surface area (Å²) < 4.78 is 5.12. The second-order valence-corrected chi connectivity index (χ2v) is 7.12. The van der Waals surface area contributed by atoms with E-state index < -0.39 is 0 Å². The minimum atomic E-state index is 0.0103. The lowest BCUT2D eigenvalue weighted by atomic mass is 9.72. The van der Waals surface area contributed by atoms with Crippen molar-refractivity contribution in [3.63, 3.8) is 0 Å². The van der Waals surface area contributed by atoms with Gasteiger partial charge in [0.05, 0.1) is 17.9 Å². The molecule has 3 rings (SSSR count). The van der Waals surface area contributed by atoms with E-state index in [4.69, 9.17) is 4.74 Å². The lowest BCUT2D eigenvalue weighted by Crippen LogP contribution is -2.53. The highest BCUT2D eigenvalue weighted by Crippen LogP contribution is 2.40. The molecule has 0 saturated carbocycles. The molecule has 2 aliphatic rings. The van der Waals surface area contributed by atoms with E-state index in [0.29, 0.717) is 30.8 Å². The number of likely N-dealkylation sites (tertiary alicyclic amines) is 2. The summed E-state index contributed by atoms with van der Waals surface area (Å²) in [4.78, 5) is 36.7. The van der Waals surface area contributed by atoms with Gasteiger partial charge in [-0.3, -0.25) is 9.59 Å². The summed E-state index contributed by atoms with van der Waals surface area (Å²) in [6, 6.07) is 0. The summed E-state index contributed by atoms with van der Waals surface area (Å²) in [5.41, 5.74) is 1.44. The minimum Gasteiger partial charge on any atom is -0.383 e. The van der Waals surface area contributed by atoms with Gasteiger partial charge < -0.3 is 14.5 Å². The predicted molar refractivity (Wildman–Crippen MR) is 92.0 cm³/mol. The first-order chi connectivity index (χ1) is 12.0. The molecule has 25 heavy (non-hydrogen) atoms. The van der Waals surface area contributed by atoms with Gasteiger partial charge in [0, 0.05) is 45.9 Å². The average molecular weight is 346 g/mol. The number of hydrogen-bond donors (Lipinski definition) is 0. The fourth-order valence-corrected chi connectivity index (χ4v) is 3.87. The number of piperidine rings is 2. The van der Waals surface area contributed by atoms with Gasteiger partial charge in [0.15, 0.2) is 0 Å². The van der Waals surface area contributed by atoms with Gasteiger partial charge >= 0.3 is 0 Å². The van der Waals surface area contributed by atoms with Gasteiger partial charge in [0.2, 0.25) is 5.91 Å². The number of nitrogens with zero attached hydrogens (tertiary/aromatic N) is 4. The fourth-order valence-electron chi connectivity index (χ4n) is 3.87. The first-order valence-electron chi connectivity index (χ1n) is 8.87. The van der Waals surface area contributed by atoms with Gasteiger partial charge in [-0.25, -0.2) is 9.97 Å². The van der Waals surface area contributed by atoms with E-state index >= 15 is 0 Å². The Balaban J connectivity index is 1.62. The van der Waals surface area contributed by atoms with Gasteiger partial charge in [0.25, 0.3) is 5.91 Å². The molecule has 1 aromatic heterocycles.